The average molecular weight is 251 g/mol. The van der Waals surface area contributed by atoms with Gasteiger partial charge in [-0.1, -0.05) is 18.2 Å². The minimum Gasteiger partial charge on any atom is -0.387 e. The first kappa shape index (κ1) is 11.9. The quantitative estimate of drug-likeness (QED) is 0.904. The van der Waals surface area contributed by atoms with Crippen LogP contribution in [0, 0.1) is 0 Å². The van der Waals surface area contributed by atoms with Crippen molar-refractivity contribution in [1.29, 1.82) is 0 Å². The van der Waals surface area contributed by atoms with Gasteiger partial charge in [0, 0.05) is 6.20 Å². The Kier molecular flexibility index (Phi) is 3.04. The Morgan fingerprint density at radius 1 is 1.12 bits per heavy atom. The second kappa shape index (κ2) is 4.35. The summed E-state index contributed by atoms with van der Waals surface area (Å²) in [5, 5.41) is 9.52. The molecule has 5 heteroatoms. The molecule has 0 saturated carbocycles. The molecular formula is C12H13NO3S. The summed E-state index contributed by atoms with van der Waals surface area (Å²) in [6.45, 7) is 1.53. The normalized spacial score (nSPS) is 13.5. The van der Waals surface area contributed by atoms with Gasteiger partial charge in [-0.2, -0.15) is 0 Å². The van der Waals surface area contributed by atoms with Crippen molar-refractivity contribution in [3.63, 3.8) is 0 Å². The minimum atomic E-state index is -3.61. The minimum absolute atomic E-state index is 0.207. The fourth-order valence-corrected chi connectivity index (χ4v) is 3.08. The Labute approximate surface area is 100 Å². The maximum Gasteiger partial charge on any atom is 0.267 e. The van der Waals surface area contributed by atoms with Crippen molar-refractivity contribution in [2.45, 2.75) is 17.9 Å². The third-order valence-electron chi connectivity index (χ3n) is 2.47. The molecule has 0 aliphatic carbocycles. The van der Waals surface area contributed by atoms with E-state index in [1.807, 2.05) is 0 Å². The topological polar surface area (TPSA) is 59.3 Å². The summed E-state index contributed by atoms with van der Waals surface area (Å²) in [5.41, 5.74) is 0.355. The first-order chi connectivity index (χ1) is 8.03. The van der Waals surface area contributed by atoms with Crippen molar-refractivity contribution in [3.05, 3.63) is 54.4 Å². The Bertz CT molecular complexity index is 600. The molecule has 1 N–H and O–H groups in total. The SMILES string of the molecule is CC(O)c1cccn1S(=O)(=O)c1ccccc1. The zero-order valence-corrected chi connectivity index (χ0v) is 10.1. The number of rotatable bonds is 3. The molecule has 0 amide bonds. The van der Waals surface area contributed by atoms with Crippen LogP contribution in [0.15, 0.2) is 53.6 Å². The Morgan fingerprint density at radius 3 is 2.35 bits per heavy atom. The smallest absolute Gasteiger partial charge is 0.267 e. The van der Waals surface area contributed by atoms with Gasteiger partial charge in [-0.3, -0.25) is 0 Å². The highest BCUT2D eigenvalue weighted by molar-refractivity contribution is 7.90. The van der Waals surface area contributed by atoms with E-state index in [-0.39, 0.29) is 4.90 Å². The average Bonchev–Trinajstić information content (AvgIpc) is 2.80. The molecule has 0 aliphatic rings. The van der Waals surface area contributed by atoms with Crippen molar-refractivity contribution >= 4 is 10.0 Å². The van der Waals surface area contributed by atoms with E-state index in [1.165, 1.54) is 25.3 Å². The van der Waals surface area contributed by atoms with Gasteiger partial charge in [-0.25, -0.2) is 12.4 Å². The molecule has 4 nitrogen and oxygen atoms in total. The lowest BCUT2D eigenvalue weighted by Gasteiger charge is -2.11. The summed E-state index contributed by atoms with van der Waals surface area (Å²) >= 11 is 0. The molecular weight excluding hydrogens is 238 g/mol. The van der Waals surface area contributed by atoms with Crippen molar-refractivity contribution in [2.75, 3.05) is 0 Å². The number of hydrogen-bond acceptors (Lipinski definition) is 3. The van der Waals surface area contributed by atoms with Crippen LogP contribution >= 0.6 is 0 Å². The van der Waals surface area contributed by atoms with Gasteiger partial charge in [0.2, 0.25) is 0 Å². The van der Waals surface area contributed by atoms with Gasteiger partial charge in [-0.15, -0.1) is 0 Å². The van der Waals surface area contributed by atoms with Crippen LogP contribution in [-0.2, 0) is 10.0 Å². The molecule has 0 saturated heterocycles. The summed E-state index contributed by atoms with van der Waals surface area (Å²) in [6.07, 6.45) is 0.605. The molecule has 1 aromatic heterocycles. The molecule has 0 fully saturated rings. The van der Waals surface area contributed by atoms with Crippen molar-refractivity contribution in [3.8, 4) is 0 Å². The summed E-state index contributed by atoms with van der Waals surface area (Å²) in [4.78, 5) is 0.207. The third-order valence-corrected chi connectivity index (χ3v) is 4.19. The Hall–Kier alpha value is -1.59. The summed E-state index contributed by atoms with van der Waals surface area (Å²) in [6, 6.07) is 11.3. The van der Waals surface area contributed by atoms with Crippen molar-refractivity contribution in [2.24, 2.45) is 0 Å². The number of hydrogen-bond donors (Lipinski definition) is 1. The van der Waals surface area contributed by atoms with Gasteiger partial charge < -0.3 is 5.11 Å². The first-order valence-corrected chi connectivity index (χ1v) is 6.63. The fourth-order valence-electron chi connectivity index (χ4n) is 1.63. The Balaban J connectivity index is 2.57. The van der Waals surface area contributed by atoms with E-state index in [2.05, 4.69) is 0 Å². The molecule has 0 radical (unpaired) electrons. The van der Waals surface area contributed by atoms with Crippen LogP contribution in [0.1, 0.15) is 18.7 Å². The number of aliphatic hydroxyl groups excluding tert-OH is 1. The number of aliphatic hydroxyl groups is 1. The molecule has 1 heterocycles. The molecule has 90 valence electrons. The highest BCUT2D eigenvalue weighted by atomic mass is 32.2. The van der Waals surface area contributed by atoms with Gasteiger partial charge in [-0.05, 0) is 31.2 Å². The van der Waals surface area contributed by atoms with Gasteiger partial charge in [0.25, 0.3) is 10.0 Å². The van der Waals surface area contributed by atoms with Crippen LogP contribution in [0.5, 0.6) is 0 Å². The summed E-state index contributed by atoms with van der Waals surface area (Å²) < 4.78 is 25.6. The van der Waals surface area contributed by atoms with E-state index >= 15 is 0 Å². The van der Waals surface area contributed by atoms with Crippen LogP contribution in [0.2, 0.25) is 0 Å². The van der Waals surface area contributed by atoms with E-state index in [0.29, 0.717) is 5.69 Å². The largest absolute Gasteiger partial charge is 0.387 e. The van der Waals surface area contributed by atoms with Gasteiger partial charge in [0.1, 0.15) is 0 Å². The van der Waals surface area contributed by atoms with Crippen LogP contribution in [0.4, 0.5) is 0 Å². The van der Waals surface area contributed by atoms with Gasteiger partial charge in [0.15, 0.2) is 0 Å². The number of aromatic nitrogens is 1. The second-order valence-electron chi connectivity index (χ2n) is 3.72. The predicted molar refractivity (Wildman–Crippen MR) is 64.1 cm³/mol. The van der Waals surface area contributed by atoms with Crippen LogP contribution in [0.25, 0.3) is 0 Å². The van der Waals surface area contributed by atoms with Crippen LogP contribution < -0.4 is 0 Å². The molecule has 2 aromatic rings. The van der Waals surface area contributed by atoms with E-state index in [4.69, 9.17) is 0 Å². The fraction of sp³-hybridized carbons (Fsp3) is 0.167. The molecule has 2 rings (SSSR count). The molecule has 0 spiro atoms. The first-order valence-electron chi connectivity index (χ1n) is 5.19. The van der Waals surface area contributed by atoms with E-state index in [9.17, 15) is 13.5 Å². The molecule has 1 aromatic carbocycles. The predicted octanol–water partition coefficient (Wildman–Crippen LogP) is 1.78. The van der Waals surface area contributed by atoms with Crippen molar-refractivity contribution in [1.82, 2.24) is 3.97 Å². The van der Waals surface area contributed by atoms with Gasteiger partial charge >= 0.3 is 0 Å². The lowest BCUT2D eigenvalue weighted by Crippen LogP contribution is -2.15. The third kappa shape index (κ3) is 2.11. The lowest BCUT2D eigenvalue weighted by molar-refractivity contribution is 0.193. The molecule has 17 heavy (non-hydrogen) atoms. The van der Waals surface area contributed by atoms with Crippen molar-refractivity contribution < 1.29 is 13.5 Å². The highest BCUT2D eigenvalue weighted by Crippen LogP contribution is 2.20. The zero-order chi connectivity index (χ0) is 12.5. The Morgan fingerprint density at radius 2 is 1.76 bits per heavy atom. The van der Waals surface area contributed by atoms with Gasteiger partial charge in [0.05, 0.1) is 16.7 Å². The molecule has 1 atom stereocenters. The van der Waals surface area contributed by atoms with E-state index < -0.39 is 16.1 Å². The standard InChI is InChI=1S/C12H13NO3S/c1-10(14)12-8-5-9-13(12)17(15,16)11-6-3-2-4-7-11/h2-10,14H,1H3. The maximum atomic E-state index is 12.3. The monoisotopic (exact) mass is 251 g/mol. The van der Waals surface area contributed by atoms with E-state index in [0.717, 1.165) is 3.97 Å². The van der Waals surface area contributed by atoms with Crippen LogP contribution in [-0.4, -0.2) is 17.5 Å². The number of benzene rings is 1. The van der Waals surface area contributed by atoms with Crippen LogP contribution in [0.3, 0.4) is 0 Å². The summed E-state index contributed by atoms with van der Waals surface area (Å²) in [5.74, 6) is 0. The molecule has 1 unspecified atom stereocenters. The van der Waals surface area contributed by atoms with E-state index in [1.54, 1.807) is 30.3 Å². The summed E-state index contributed by atoms with van der Waals surface area (Å²) in [7, 11) is -3.61. The zero-order valence-electron chi connectivity index (χ0n) is 9.32. The second-order valence-corrected chi connectivity index (χ2v) is 5.54. The molecule has 0 aliphatic heterocycles. The number of nitrogens with zero attached hydrogens (tertiary/aromatic N) is 1. The highest BCUT2D eigenvalue weighted by Gasteiger charge is 2.20. The lowest BCUT2D eigenvalue weighted by atomic mass is 10.3. The maximum absolute atomic E-state index is 12.3. The molecule has 0 bridgehead atoms.